The highest BCUT2D eigenvalue weighted by molar-refractivity contribution is 6.05. The van der Waals surface area contributed by atoms with Crippen LogP contribution in [0, 0.1) is 0 Å². The first-order valence-electron chi connectivity index (χ1n) is 17.1. The summed E-state index contributed by atoms with van der Waals surface area (Å²) in [5.74, 6) is 1.92. The fraction of sp³-hybridized carbons (Fsp3) is 0. The number of hydrogen-bond donors (Lipinski definition) is 0. The molecule has 0 aliphatic carbocycles. The summed E-state index contributed by atoms with van der Waals surface area (Å²) >= 11 is 0. The van der Waals surface area contributed by atoms with E-state index in [1.807, 2.05) is 97.2 Å². The van der Waals surface area contributed by atoms with E-state index in [4.69, 9.17) is 19.9 Å². The SMILES string of the molecule is c1ccc(-c2nc(-c3ccccc3)nc(-c3ccc(-c4ccc(-c5cc(-c6cccnc6)nc(-c6ccccn6)c5)c5ccccc45)cc3)n2)cc1. The first-order chi connectivity index (χ1) is 25.8. The maximum Gasteiger partial charge on any atom is 0.164 e. The van der Waals surface area contributed by atoms with Crippen molar-refractivity contribution in [3.05, 3.63) is 182 Å². The summed E-state index contributed by atoms with van der Waals surface area (Å²) in [5.41, 5.74) is 10.7. The Morgan fingerprint density at radius 2 is 0.827 bits per heavy atom. The lowest BCUT2D eigenvalue weighted by atomic mass is 9.91. The third kappa shape index (κ3) is 6.10. The molecule has 6 heteroatoms. The van der Waals surface area contributed by atoms with Crippen LogP contribution >= 0.6 is 0 Å². The number of hydrogen-bond acceptors (Lipinski definition) is 6. The van der Waals surface area contributed by atoms with Crippen molar-refractivity contribution in [3.8, 4) is 79.1 Å². The van der Waals surface area contributed by atoms with Crippen molar-refractivity contribution in [1.29, 1.82) is 0 Å². The first-order valence-corrected chi connectivity index (χ1v) is 17.1. The number of rotatable bonds is 7. The normalized spacial score (nSPS) is 11.1. The molecule has 0 N–H and O–H groups in total. The van der Waals surface area contributed by atoms with Crippen LogP contribution in [0.25, 0.3) is 89.8 Å². The maximum atomic E-state index is 5.01. The molecule has 0 spiro atoms. The zero-order chi connectivity index (χ0) is 34.7. The Bertz CT molecular complexity index is 2530. The van der Waals surface area contributed by atoms with E-state index in [1.165, 1.54) is 0 Å². The largest absolute Gasteiger partial charge is 0.264 e. The monoisotopic (exact) mass is 666 g/mol. The van der Waals surface area contributed by atoms with Crippen molar-refractivity contribution >= 4 is 10.8 Å². The molecule has 244 valence electrons. The van der Waals surface area contributed by atoms with E-state index in [0.29, 0.717) is 17.5 Å². The zero-order valence-electron chi connectivity index (χ0n) is 28.0. The van der Waals surface area contributed by atoms with E-state index >= 15 is 0 Å². The van der Waals surface area contributed by atoms with Gasteiger partial charge in [-0.1, -0.05) is 127 Å². The number of nitrogens with zero attached hydrogens (tertiary/aromatic N) is 6. The van der Waals surface area contributed by atoms with Crippen LogP contribution in [-0.4, -0.2) is 29.9 Å². The minimum absolute atomic E-state index is 0.630. The highest BCUT2D eigenvalue weighted by Gasteiger charge is 2.16. The van der Waals surface area contributed by atoms with Gasteiger partial charge in [-0.25, -0.2) is 19.9 Å². The van der Waals surface area contributed by atoms with Crippen LogP contribution in [-0.2, 0) is 0 Å². The molecule has 0 saturated heterocycles. The summed E-state index contributed by atoms with van der Waals surface area (Å²) in [6.07, 6.45) is 5.43. The molecular formula is C46H30N6. The zero-order valence-corrected chi connectivity index (χ0v) is 28.0. The Morgan fingerprint density at radius 1 is 0.308 bits per heavy atom. The molecule has 4 heterocycles. The van der Waals surface area contributed by atoms with Gasteiger partial charge in [0.25, 0.3) is 0 Å². The highest BCUT2D eigenvalue weighted by atomic mass is 15.0. The average molecular weight is 667 g/mol. The molecule has 4 aromatic heterocycles. The fourth-order valence-corrected chi connectivity index (χ4v) is 6.53. The Labute approximate surface area is 301 Å². The average Bonchev–Trinajstić information content (AvgIpc) is 3.24. The maximum absolute atomic E-state index is 5.01. The Kier molecular flexibility index (Phi) is 8.08. The fourth-order valence-electron chi connectivity index (χ4n) is 6.53. The number of benzene rings is 5. The van der Waals surface area contributed by atoms with E-state index < -0.39 is 0 Å². The van der Waals surface area contributed by atoms with Crippen LogP contribution < -0.4 is 0 Å². The molecule has 6 nitrogen and oxygen atoms in total. The van der Waals surface area contributed by atoms with E-state index in [0.717, 1.165) is 72.4 Å². The number of pyridine rings is 3. The molecule has 0 atom stereocenters. The first kappa shape index (κ1) is 30.8. The second kappa shape index (κ2) is 13.6. The van der Waals surface area contributed by atoms with E-state index in [9.17, 15) is 0 Å². The van der Waals surface area contributed by atoms with Crippen LogP contribution in [0.3, 0.4) is 0 Å². The number of fused-ring (bicyclic) bond motifs is 1. The van der Waals surface area contributed by atoms with Crippen LogP contribution in [0.15, 0.2) is 182 Å². The molecule has 0 radical (unpaired) electrons. The van der Waals surface area contributed by atoms with Gasteiger partial charge < -0.3 is 0 Å². The lowest BCUT2D eigenvalue weighted by Gasteiger charge is -2.14. The van der Waals surface area contributed by atoms with Gasteiger partial charge in [0, 0.05) is 40.8 Å². The third-order valence-corrected chi connectivity index (χ3v) is 9.10. The van der Waals surface area contributed by atoms with E-state index in [-0.39, 0.29) is 0 Å². The Hall–Kier alpha value is -7.18. The summed E-state index contributed by atoms with van der Waals surface area (Å²) < 4.78 is 0. The molecule has 0 fully saturated rings. The van der Waals surface area contributed by atoms with Gasteiger partial charge in [-0.2, -0.15) is 0 Å². The molecule has 0 unspecified atom stereocenters. The molecule has 9 aromatic rings. The van der Waals surface area contributed by atoms with Gasteiger partial charge in [-0.3, -0.25) is 9.97 Å². The summed E-state index contributed by atoms with van der Waals surface area (Å²) in [6.45, 7) is 0. The van der Waals surface area contributed by atoms with Crippen molar-refractivity contribution < 1.29 is 0 Å². The van der Waals surface area contributed by atoms with Crippen LogP contribution in [0.1, 0.15) is 0 Å². The smallest absolute Gasteiger partial charge is 0.164 e. The standard InChI is InChI=1S/C46H30N6/c1-3-12-32(13-4-1)44-50-45(33-14-5-2-6-15-33)52-46(51-44)34-22-20-31(21-23-34)37-24-25-38(40-18-8-7-17-39(37)40)36-28-42(35-16-11-26-47-30-35)49-43(29-36)41-19-9-10-27-48-41/h1-30H. The number of aromatic nitrogens is 6. The van der Waals surface area contributed by atoms with Crippen molar-refractivity contribution in [2.75, 3.05) is 0 Å². The van der Waals surface area contributed by atoms with Crippen LogP contribution in [0.5, 0.6) is 0 Å². The van der Waals surface area contributed by atoms with Gasteiger partial charge in [-0.05, 0) is 69.4 Å². The topological polar surface area (TPSA) is 77.3 Å². The Balaban J connectivity index is 1.13. The minimum Gasteiger partial charge on any atom is -0.264 e. The molecule has 5 aromatic carbocycles. The van der Waals surface area contributed by atoms with E-state index in [2.05, 4.69) is 82.8 Å². The molecule has 9 rings (SSSR count). The van der Waals surface area contributed by atoms with Crippen molar-refractivity contribution in [3.63, 3.8) is 0 Å². The van der Waals surface area contributed by atoms with Gasteiger partial charge in [0.2, 0.25) is 0 Å². The summed E-state index contributed by atoms with van der Waals surface area (Å²) in [4.78, 5) is 28.7. The minimum atomic E-state index is 0.630. The summed E-state index contributed by atoms with van der Waals surface area (Å²) in [5, 5.41) is 2.31. The van der Waals surface area contributed by atoms with Crippen molar-refractivity contribution in [2.24, 2.45) is 0 Å². The molecular weight excluding hydrogens is 637 g/mol. The molecule has 52 heavy (non-hydrogen) atoms. The molecule has 0 aliphatic heterocycles. The molecule has 0 saturated carbocycles. The van der Waals surface area contributed by atoms with Gasteiger partial charge in [0.1, 0.15) is 0 Å². The second-order valence-corrected chi connectivity index (χ2v) is 12.4. The van der Waals surface area contributed by atoms with Crippen LogP contribution in [0.2, 0.25) is 0 Å². The molecule has 0 amide bonds. The predicted molar refractivity (Wildman–Crippen MR) is 209 cm³/mol. The molecule has 0 aliphatic rings. The van der Waals surface area contributed by atoms with Crippen molar-refractivity contribution in [1.82, 2.24) is 29.9 Å². The third-order valence-electron chi connectivity index (χ3n) is 9.10. The van der Waals surface area contributed by atoms with Gasteiger partial charge in [0.05, 0.1) is 17.1 Å². The van der Waals surface area contributed by atoms with E-state index in [1.54, 1.807) is 12.4 Å². The van der Waals surface area contributed by atoms with Gasteiger partial charge in [-0.15, -0.1) is 0 Å². The predicted octanol–water partition coefficient (Wildman–Crippen LogP) is 10.9. The quantitative estimate of drug-likeness (QED) is 0.168. The summed E-state index contributed by atoms with van der Waals surface area (Å²) in [6, 6.07) is 55.7. The lowest BCUT2D eigenvalue weighted by molar-refractivity contribution is 1.07. The highest BCUT2D eigenvalue weighted by Crippen LogP contribution is 2.38. The lowest BCUT2D eigenvalue weighted by Crippen LogP contribution is -2.00. The van der Waals surface area contributed by atoms with Crippen molar-refractivity contribution in [2.45, 2.75) is 0 Å². The van der Waals surface area contributed by atoms with Gasteiger partial charge >= 0.3 is 0 Å². The molecule has 0 bridgehead atoms. The van der Waals surface area contributed by atoms with Gasteiger partial charge in [0.15, 0.2) is 17.5 Å². The Morgan fingerprint density at radius 3 is 1.40 bits per heavy atom. The summed E-state index contributed by atoms with van der Waals surface area (Å²) in [7, 11) is 0. The van der Waals surface area contributed by atoms with Crippen LogP contribution in [0.4, 0.5) is 0 Å². The second-order valence-electron chi connectivity index (χ2n) is 12.4.